The molecule has 0 bridgehead atoms. The van der Waals surface area contributed by atoms with Crippen LogP contribution in [0.15, 0.2) is 21.8 Å². The zero-order chi connectivity index (χ0) is 16.0. The minimum absolute atomic E-state index is 0.123. The van der Waals surface area contributed by atoms with Gasteiger partial charge in [-0.05, 0) is 48.6 Å². The van der Waals surface area contributed by atoms with Gasteiger partial charge in [-0.2, -0.15) is 0 Å². The molecule has 0 radical (unpaired) electrons. The fraction of sp³-hybridized carbons (Fsp3) is 0.500. The lowest BCUT2D eigenvalue weighted by atomic mass is 10.1. The topological polar surface area (TPSA) is 65.1 Å². The van der Waals surface area contributed by atoms with Gasteiger partial charge in [-0.25, -0.2) is 4.39 Å². The second kappa shape index (κ2) is 8.19. The highest BCUT2D eigenvalue weighted by Crippen LogP contribution is 2.29. The van der Waals surface area contributed by atoms with Crippen LogP contribution in [0, 0.1) is 5.82 Å². The fourth-order valence-electron chi connectivity index (χ4n) is 1.98. The monoisotopic (exact) mass is 360 g/mol. The highest BCUT2D eigenvalue weighted by atomic mass is 79.9. The van der Waals surface area contributed by atoms with Crippen LogP contribution in [0.25, 0.3) is 0 Å². The maximum atomic E-state index is 14.6. The van der Waals surface area contributed by atoms with Crippen LogP contribution < -0.4 is 10.6 Å². The molecule has 0 amide bonds. The average molecular weight is 361 g/mol. The molecule has 118 valence electrons. The lowest BCUT2D eigenvalue weighted by Gasteiger charge is -2.27. The Hall–Kier alpha value is -1.34. The van der Waals surface area contributed by atoms with Crippen molar-refractivity contribution in [3.8, 4) is 0 Å². The summed E-state index contributed by atoms with van der Waals surface area (Å²) in [5.74, 6) is -0.519. The zero-order valence-corrected chi connectivity index (χ0v) is 14.2. The first-order chi connectivity index (χ1) is 9.92. The molecular formula is C14H22BrFN4O. The Morgan fingerprint density at radius 1 is 1.33 bits per heavy atom. The molecule has 0 aliphatic heterocycles. The van der Waals surface area contributed by atoms with Crippen LogP contribution >= 0.6 is 15.9 Å². The molecule has 1 rings (SSSR count). The highest BCUT2D eigenvalue weighted by molar-refractivity contribution is 9.10. The van der Waals surface area contributed by atoms with Gasteiger partial charge in [0.05, 0.1) is 10.2 Å². The minimum atomic E-state index is -0.397. The summed E-state index contributed by atoms with van der Waals surface area (Å²) in [6, 6.07) is 3.31. The molecule has 21 heavy (non-hydrogen) atoms. The molecule has 0 aliphatic carbocycles. The van der Waals surface area contributed by atoms with E-state index >= 15 is 0 Å². The summed E-state index contributed by atoms with van der Waals surface area (Å²) >= 11 is 3.19. The van der Waals surface area contributed by atoms with Crippen molar-refractivity contribution in [2.75, 3.05) is 38.6 Å². The number of nitrogens with two attached hydrogens (primary N) is 1. The van der Waals surface area contributed by atoms with Crippen LogP contribution in [0.2, 0.25) is 0 Å². The van der Waals surface area contributed by atoms with E-state index in [4.69, 9.17) is 10.9 Å². The Morgan fingerprint density at radius 3 is 2.52 bits per heavy atom. The summed E-state index contributed by atoms with van der Waals surface area (Å²) < 4.78 is 14.8. The van der Waals surface area contributed by atoms with Gasteiger partial charge in [0.15, 0.2) is 11.7 Å². The predicted molar refractivity (Wildman–Crippen MR) is 87.7 cm³/mol. The molecular weight excluding hydrogens is 339 g/mol. The third-order valence-electron chi connectivity index (χ3n) is 3.10. The largest absolute Gasteiger partial charge is 0.409 e. The Balaban J connectivity index is 3.12. The number of oxime groups is 1. The lowest BCUT2D eigenvalue weighted by molar-refractivity contribution is 0.318. The van der Waals surface area contributed by atoms with Crippen LogP contribution in [0.4, 0.5) is 10.1 Å². The van der Waals surface area contributed by atoms with Crippen LogP contribution in [0.3, 0.4) is 0 Å². The summed E-state index contributed by atoms with van der Waals surface area (Å²) in [6.07, 6.45) is 0.923. The smallest absolute Gasteiger partial charge is 0.171 e. The van der Waals surface area contributed by atoms with Gasteiger partial charge in [0.1, 0.15) is 0 Å². The van der Waals surface area contributed by atoms with E-state index in [-0.39, 0.29) is 10.3 Å². The molecule has 1 aromatic carbocycles. The van der Waals surface area contributed by atoms with Crippen molar-refractivity contribution in [1.82, 2.24) is 4.90 Å². The Bertz CT molecular complexity index is 508. The summed E-state index contributed by atoms with van der Waals surface area (Å²) in [7, 11) is 3.97. The zero-order valence-electron chi connectivity index (χ0n) is 12.6. The van der Waals surface area contributed by atoms with Gasteiger partial charge in [-0.3, -0.25) is 0 Å². The Morgan fingerprint density at radius 2 is 2.00 bits per heavy atom. The summed E-state index contributed by atoms with van der Waals surface area (Å²) in [5.41, 5.74) is 6.38. The van der Waals surface area contributed by atoms with Gasteiger partial charge in [0.25, 0.3) is 0 Å². The molecule has 0 saturated carbocycles. The maximum Gasteiger partial charge on any atom is 0.171 e. The number of nitrogens with zero attached hydrogens (tertiary/aromatic N) is 3. The maximum absolute atomic E-state index is 14.6. The van der Waals surface area contributed by atoms with Crippen molar-refractivity contribution < 1.29 is 9.60 Å². The third kappa shape index (κ3) is 4.57. The summed E-state index contributed by atoms with van der Waals surface area (Å²) in [4.78, 5) is 4.05. The lowest BCUT2D eigenvalue weighted by Crippen LogP contribution is -2.33. The quantitative estimate of drug-likeness (QED) is 0.339. The average Bonchev–Trinajstić information content (AvgIpc) is 2.45. The molecule has 5 nitrogen and oxygen atoms in total. The minimum Gasteiger partial charge on any atom is -0.409 e. The molecule has 0 aromatic heterocycles. The molecule has 0 atom stereocenters. The predicted octanol–water partition coefficient (Wildman–Crippen LogP) is 2.46. The normalized spacial score (nSPS) is 12.0. The number of hydrogen-bond donors (Lipinski definition) is 2. The molecule has 0 fully saturated rings. The molecule has 0 spiro atoms. The molecule has 0 heterocycles. The van der Waals surface area contributed by atoms with Gasteiger partial charge in [-0.1, -0.05) is 12.1 Å². The first kappa shape index (κ1) is 17.7. The van der Waals surface area contributed by atoms with E-state index in [1.165, 1.54) is 0 Å². The number of amidine groups is 1. The van der Waals surface area contributed by atoms with E-state index in [1.54, 1.807) is 12.1 Å². The van der Waals surface area contributed by atoms with Crippen molar-refractivity contribution in [2.45, 2.75) is 13.3 Å². The highest BCUT2D eigenvalue weighted by Gasteiger charge is 2.18. The Kier molecular flexibility index (Phi) is 6.91. The van der Waals surface area contributed by atoms with Gasteiger partial charge in [0, 0.05) is 25.2 Å². The van der Waals surface area contributed by atoms with E-state index in [0.717, 1.165) is 26.1 Å². The van der Waals surface area contributed by atoms with Gasteiger partial charge in [-0.15, -0.1) is 0 Å². The van der Waals surface area contributed by atoms with Crippen molar-refractivity contribution in [2.24, 2.45) is 10.9 Å². The molecule has 0 unspecified atom stereocenters. The first-order valence-corrected chi connectivity index (χ1v) is 7.57. The molecule has 0 saturated heterocycles. The number of anilines is 1. The first-order valence-electron chi connectivity index (χ1n) is 6.77. The SMILES string of the molecule is CCCN(CCN(C)C)c1ccc(/C(N)=N/O)c(Br)c1F. The van der Waals surface area contributed by atoms with Crippen LogP contribution in [0.1, 0.15) is 18.9 Å². The second-order valence-corrected chi connectivity index (χ2v) is 5.83. The number of likely N-dealkylation sites (N-methyl/N-ethyl adjacent to an activating group) is 1. The van der Waals surface area contributed by atoms with Crippen LogP contribution in [-0.2, 0) is 0 Å². The van der Waals surface area contributed by atoms with E-state index in [1.807, 2.05) is 19.0 Å². The van der Waals surface area contributed by atoms with E-state index in [0.29, 0.717) is 11.3 Å². The summed E-state index contributed by atoms with van der Waals surface area (Å²) in [5, 5.41) is 11.6. The molecule has 0 aliphatic rings. The number of halogens is 2. The van der Waals surface area contributed by atoms with E-state index in [2.05, 4.69) is 32.9 Å². The van der Waals surface area contributed by atoms with E-state index < -0.39 is 5.82 Å². The van der Waals surface area contributed by atoms with E-state index in [9.17, 15) is 4.39 Å². The number of benzene rings is 1. The van der Waals surface area contributed by atoms with Gasteiger partial charge in [0.2, 0.25) is 0 Å². The van der Waals surface area contributed by atoms with Gasteiger partial charge >= 0.3 is 0 Å². The fourth-order valence-corrected chi connectivity index (χ4v) is 2.52. The summed E-state index contributed by atoms with van der Waals surface area (Å²) in [6.45, 7) is 4.38. The second-order valence-electron chi connectivity index (χ2n) is 5.04. The van der Waals surface area contributed by atoms with Crippen LogP contribution in [0.5, 0.6) is 0 Å². The van der Waals surface area contributed by atoms with Crippen molar-refractivity contribution in [3.05, 3.63) is 28.0 Å². The number of hydrogen-bond acceptors (Lipinski definition) is 4. The van der Waals surface area contributed by atoms with Crippen LogP contribution in [-0.4, -0.2) is 49.7 Å². The molecule has 1 aromatic rings. The van der Waals surface area contributed by atoms with Gasteiger partial charge < -0.3 is 20.7 Å². The standard InChI is InChI=1S/C14H22BrFN4O/c1-4-7-20(9-8-19(2)3)11-6-5-10(14(17)18-21)12(15)13(11)16/h5-6,21H,4,7-9H2,1-3H3,(H2,17,18). The molecule has 7 heteroatoms. The van der Waals surface area contributed by atoms with Crippen molar-refractivity contribution in [3.63, 3.8) is 0 Å². The van der Waals surface area contributed by atoms with Crippen molar-refractivity contribution >= 4 is 27.5 Å². The Labute approximate surface area is 133 Å². The number of rotatable bonds is 7. The van der Waals surface area contributed by atoms with Crippen molar-refractivity contribution in [1.29, 1.82) is 0 Å². The third-order valence-corrected chi connectivity index (χ3v) is 3.87. The molecule has 3 N–H and O–H groups in total.